The van der Waals surface area contributed by atoms with Crippen molar-refractivity contribution in [2.75, 3.05) is 6.54 Å². The highest BCUT2D eigenvalue weighted by Crippen LogP contribution is 2.25. The van der Waals surface area contributed by atoms with E-state index in [1.807, 2.05) is 0 Å². The van der Waals surface area contributed by atoms with Gasteiger partial charge in [-0.2, -0.15) is 4.31 Å². The fraction of sp³-hybridized carbons (Fsp3) is 0.364. The molecule has 0 aliphatic carbocycles. The smallest absolute Gasteiger partial charge is 0.243 e. The summed E-state index contributed by atoms with van der Waals surface area (Å²) in [5.74, 6) is 0. The Morgan fingerprint density at radius 3 is 2.53 bits per heavy atom. The van der Waals surface area contributed by atoms with Crippen molar-refractivity contribution < 1.29 is 13.2 Å². The maximum absolute atomic E-state index is 12.2. The van der Waals surface area contributed by atoms with Crippen molar-refractivity contribution in [3.8, 4) is 0 Å². The number of carbonyl (C=O) groups is 1. The highest BCUT2D eigenvalue weighted by atomic mass is 35.5. The quantitative estimate of drug-likeness (QED) is 0.788. The molecule has 1 aromatic carbocycles. The van der Waals surface area contributed by atoms with E-state index in [1.54, 1.807) is 0 Å². The van der Waals surface area contributed by atoms with Crippen LogP contribution >= 0.6 is 11.6 Å². The van der Waals surface area contributed by atoms with Crippen LogP contribution in [0.25, 0.3) is 0 Å². The van der Waals surface area contributed by atoms with E-state index >= 15 is 0 Å². The SMILES string of the molecule is O=CC1CCCN1S(=O)(=O)c1ccc(Cl)cc1. The maximum Gasteiger partial charge on any atom is 0.243 e. The van der Waals surface area contributed by atoms with Gasteiger partial charge in [-0.1, -0.05) is 11.6 Å². The van der Waals surface area contributed by atoms with E-state index in [0.717, 1.165) is 6.42 Å². The standard InChI is InChI=1S/C11H12ClNO3S/c12-9-3-5-11(6-4-9)17(15,16)13-7-1-2-10(13)8-14/h3-6,8,10H,1-2,7H2. The van der Waals surface area contributed by atoms with Gasteiger partial charge in [0.05, 0.1) is 10.9 Å². The molecule has 1 atom stereocenters. The first-order valence-corrected chi connectivity index (χ1v) is 7.10. The third-order valence-corrected chi connectivity index (χ3v) is 5.02. The minimum Gasteiger partial charge on any atom is -0.302 e. The van der Waals surface area contributed by atoms with Crippen LogP contribution in [0.15, 0.2) is 29.2 Å². The van der Waals surface area contributed by atoms with Crippen molar-refractivity contribution in [2.45, 2.75) is 23.8 Å². The number of carbonyl (C=O) groups excluding carboxylic acids is 1. The molecule has 1 unspecified atom stereocenters. The Kier molecular flexibility index (Phi) is 3.51. The summed E-state index contributed by atoms with van der Waals surface area (Å²) in [5.41, 5.74) is 0. The third kappa shape index (κ3) is 2.36. The second kappa shape index (κ2) is 4.76. The largest absolute Gasteiger partial charge is 0.302 e. The molecule has 2 rings (SSSR count). The molecular formula is C11H12ClNO3S. The zero-order chi connectivity index (χ0) is 12.5. The summed E-state index contributed by atoms with van der Waals surface area (Å²) in [7, 11) is -3.57. The molecule has 4 nitrogen and oxygen atoms in total. The minimum atomic E-state index is -3.57. The molecule has 92 valence electrons. The van der Waals surface area contributed by atoms with E-state index in [9.17, 15) is 13.2 Å². The first kappa shape index (κ1) is 12.5. The number of benzene rings is 1. The molecule has 0 aromatic heterocycles. The first-order chi connectivity index (χ1) is 8.05. The Labute approximate surface area is 105 Å². The lowest BCUT2D eigenvalue weighted by atomic mass is 10.2. The van der Waals surface area contributed by atoms with Crippen LogP contribution < -0.4 is 0 Å². The average molecular weight is 274 g/mol. The van der Waals surface area contributed by atoms with Gasteiger partial charge < -0.3 is 4.79 Å². The van der Waals surface area contributed by atoms with Gasteiger partial charge in [-0.15, -0.1) is 0 Å². The number of halogens is 1. The normalized spacial score (nSPS) is 21.6. The number of hydrogen-bond acceptors (Lipinski definition) is 3. The van der Waals surface area contributed by atoms with E-state index in [4.69, 9.17) is 11.6 Å². The van der Waals surface area contributed by atoms with Crippen LogP contribution in [0.2, 0.25) is 5.02 Å². The Hall–Kier alpha value is -0.910. The zero-order valence-electron chi connectivity index (χ0n) is 9.04. The number of hydrogen-bond donors (Lipinski definition) is 0. The average Bonchev–Trinajstić information content (AvgIpc) is 2.78. The third-order valence-electron chi connectivity index (χ3n) is 2.83. The van der Waals surface area contributed by atoms with Crippen molar-refractivity contribution in [1.82, 2.24) is 4.31 Å². The zero-order valence-corrected chi connectivity index (χ0v) is 10.6. The molecule has 1 fully saturated rings. The van der Waals surface area contributed by atoms with Gasteiger partial charge in [0.25, 0.3) is 0 Å². The second-order valence-electron chi connectivity index (χ2n) is 3.92. The Bertz CT molecular complexity index is 512. The molecule has 0 bridgehead atoms. The number of aldehydes is 1. The van der Waals surface area contributed by atoms with Crippen LogP contribution in [0, 0.1) is 0 Å². The first-order valence-electron chi connectivity index (χ1n) is 5.28. The van der Waals surface area contributed by atoms with Gasteiger partial charge >= 0.3 is 0 Å². The van der Waals surface area contributed by atoms with Crippen LogP contribution in [0.5, 0.6) is 0 Å². The summed E-state index contributed by atoms with van der Waals surface area (Å²) in [6.07, 6.45) is 2.01. The van der Waals surface area contributed by atoms with Gasteiger partial charge in [-0.3, -0.25) is 0 Å². The summed E-state index contributed by atoms with van der Waals surface area (Å²) < 4.78 is 25.7. The molecule has 1 aromatic rings. The molecule has 1 heterocycles. The summed E-state index contributed by atoms with van der Waals surface area (Å²) in [6, 6.07) is 5.44. The van der Waals surface area contributed by atoms with Crippen molar-refractivity contribution in [2.24, 2.45) is 0 Å². The number of nitrogens with zero attached hydrogens (tertiary/aromatic N) is 1. The number of sulfonamides is 1. The van der Waals surface area contributed by atoms with Gasteiger partial charge in [0, 0.05) is 11.6 Å². The van der Waals surface area contributed by atoms with Gasteiger partial charge in [-0.05, 0) is 37.1 Å². The van der Waals surface area contributed by atoms with Crippen molar-refractivity contribution in [1.29, 1.82) is 0 Å². The lowest BCUT2D eigenvalue weighted by molar-refractivity contribution is -0.110. The highest BCUT2D eigenvalue weighted by molar-refractivity contribution is 7.89. The summed E-state index contributed by atoms with van der Waals surface area (Å²) in [5, 5.41) is 0.484. The molecule has 0 amide bonds. The lowest BCUT2D eigenvalue weighted by Gasteiger charge is -2.19. The predicted octanol–water partition coefficient (Wildman–Crippen LogP) is 1.69. The Morgan fingerprint density at radius 1 is 1.29 bits per heavy atom. The van der Waals surface area contributed by atoms with Gasteiger partial charge in [0.1, 0.15) is 6.29 Å². The fourth-order valence-electron chi connectivity index (χ4n) is 1.94. The molecule has 17 heavy (non-hydrogen) atoms. The fourth-order valence-corrected chi connectivity index (χ4v) is 3.70. The van der Waals surface area contributed by atoms with Crippen molar-refractivity contribution in [3.05, 3.63) is 29.3 Å². The van der Waals surface area contributed by atoms with Crippen molar-refractivity contribution in [3.63, 3.8) is 0 Å². The molecule has 0 N–H and O–H groups in total. The molecule has 0 saturated carbocycles. The van der Waals surface area contributed by atoms with E-state index < -0.39 is 16.1 Å². The molecule has 0 radical (unpaired) electrons. The van der Waals surface area contributed by atoms with Crippen LogP contribution in [-0.4, -0.2) is 31.6 Å². The molecular weight excluding hydrogens is 262 g/mol. The summed E-state index contributed by atoms with van der Waals surface area (Å²) in [4.78, 5) is 11.0. The predicted molar refractivity (Wildman–Crippen MR) is 64.4 cm³/mol. The molecule has 1 aliphatic heterocycles. The van der Waals surface area contributed by atoms with Gasteiger partial charge in [-0.25, -0.2) is 8.42 Å². The molecule has 1 aliphatic rings. The van der Waals surface area contributed by atoms with E-state index in [1.165, 1.54) is 28.6 Å². The Morgan fingerprint density at radius 2 is 1.94 bits per heavy atom. The molecule has 6 heteroatoms. The molecule has 1 saturated heterocycles. The maximum atomic E-state index is 12.2. The highest BCUT2D eigenvalue weighted by Gasteiger charge is 2.34. The van der Waals surface area contributed by atoms with Crippen molar-refractivity contribution >= 4 is 27.9 Å². The van der Waals surface area contributed by atoms with Crippen LogP contribution in [0.4, 0.5) is 0 Å². The van der Waals surface area contributed by atoms with E-state index in [0.29, 0.717) is 24.3 Å². The van der Waals surface area contributed by atoms with Gasteiger partial charge in [0.2, 0.25) is 10.0 Å². The Balaban J connectivity index is 2.36. The summed E-state index contributed by atoms with van der Waals surface area (Å²) >= 11 is 5.71. The molecule has 0 spiro atoms. The van der Waals surface area contributed by atoms with Gasteiger partial charge in [0.15, 0.2) is 0 Å². The van der Waals surface area contributed by atoms with Crippen LogP contribution in [0.3, 0.4) is 0 Å². The minimum absolute atomic E-state index is 0.177. The van der Waals surface area contributed by atoms with Crippen LogP contribution in [-0.2, 0) is 14.8 Å². The summed E-state index contributed by atoms with van der Waals surface area (Å²) in [6.45, 7) is 0.397. The van der Waals surface area contributed by atoms with E-state index in [2.05, 4.69) is 0 Å². The van der Waals surface area contributed by atoms with Crippen LogP contribution in [0.1, 0.15) is 12.8 Å². The lowest BCUT2D eigenvalue weighted by Crippen LogP contribution is -2.36. The number of rotatable bonds is 3. The topological polar surface area (TPSA) is 54.5 Å². The second-order valence-corrected chi connectivity index (χ2v) is 6.24. The monoisotopic (exact) mass is 273 g/mol. The van der Waals surface area contributed by atoms with E-state index in [-0.39, 0.29) is 4.90 Å².